The maximum Gasteiger partial charge on any atom is 0.255 e. The van der Waals surface area contributed by atoms with Crippen molar-refractivity contribution in [3.8, 4) is 0 Å². The average molecular weight is 446 g/mol. The minimum Gasteiger partial charge on any atom is -0.379 e. The molecule has 1 aliphatic rings. The summed E-state index contributed by atoms with van der Waals surface area (Å²) < 4.78 is 33.0. The molecule has 1 aliphatic heterocycles. The number of anilines is 2. The monoisotopic (exact) mass is 445 g/mol. The zero-order chi connectivity index (χ0) is 22.4. The first-order chi connectivity index (χ1) is 14.8. The van der Waals surface area contributed by atoms with Crippen LogP contribution in [0.2, 0.25) is 0 Å². The second-order valence-electron chi connectivity index (χ2n) is 7.13. The predicted octanol–water partition coefficient (Wildman–Crippen LogP) is 2.87. The molecule has 9 heteroatoms. The number of morpholine rings is 1. The van der Waals surface area contributed by atoms with Gasteiger partial charge in [0, 0.05) is 36.4 Å². The summed E-state index contributed by atoms with van der Waals surface area (Å²) in [6.07, 6.45) is 0.910. The summed E-state index contributed by atoms with van der Waals surface area (Å²) in [7, 11) is -3.72. The molecule has 1 fully saturated rings. The van der Waals surface area contributed by atoms with E-state index < -0.39 is 15.9 Å². The molecule has 2 aromatic carbocycles. The van der Waals surface area contributed by atoms with Crippen LogP contribution in [0.15, 0.2) is 47.4 Å². The maximum atomic E-state index is 13.2. The van der Waals surface area contributed by atoms with Crippen LogP contribution >= 0.6 is 0 Å². The third-order valence-corrected chi connectivity index (χ3v) is 7.03. The number of hydrogen-bond acceptors (Lipinski definition) is 5. The minimum absolute atomic E-state index is 0.0955. The van der Waals surface area contributed by atoms with Gasteiger partial charge in [-0.05, 0) is 48.4 Å². The van der Waals surface area contributed by atoms with E-state index in [0.29, 0.717) is 56.1 Å². The molecule has 0 aromatic heterocycles. The van der Waals surface area contributed by atoms with E-state index in [1.54, 1.807) is 43.3 Å². The van der Waals surface area contributed by atoms with Crippen molar-refractivity contribution in [1.29, 1.82) is 0 Å². The Morgan fingerprint density at radius 3 is 2.16 bits per heavy atom. The van der Waals surface area contributed by atoms with E-state index in [1.165, 1.54) is 10.4 Å². The smallest absolute Gasteiger partial charge is 0.255 e. The quantitative estimate of drug-likeness (QED) is 0.682. The van der Waals surface area contributed by atoms with Crippen LogP contribution in [-0.2, 0) is 26.0 Å². The van der Waals surface area contributed by atoms with E-state index in [4.69, 9.17) is 4.74 Å². The molecule has 0 saturated carbocycles. The van der Waals surface area contributed by atoms with E-state index >= 15 is 0 Å². The zero-order valence-corrected chi connectivity index (χ0v) is 18.5. The highest BCUT2D eigenvalue weighted by atomic mass is 32.2. The molecule has 0 atom stereocenters. The fraction of sp³-hybridized carbons (Fsp3) is 0.364. The van der Waals surface area contributed by atoms with Crippen molar-refractivity contribution in [3.63, 3.8) is 0 Å². The molecule has 0 spiro atoms. The van der Waals surface area contributed by atoms with Crippen LogP contribution in [0.4, 0.5) is 11.4 Å². The van der Waals surface area contributed by atoms with Crippen LogP contribution < -0.4 is 10.6 Å². The molecular weight excluding hydrogens is 418 g/mol. The zero-order valence-electron chi connectivity index (χ0n) is 17.7. The molecular formula is C22H27N3O5S. The molecule has 31 heavy (non-hydrogen) atoms. The summed E-state index contributed by atoms with van der Waals surface area (Å²) in [5.74, 6) is -0.506. The van der Waals surface area contributed by atoms with Gasteiger partial charge in [0.15, 0.2) is 0 Å². The number of benzene rings is 2. The summed E-state index contributed by atoms with van der Waals surface area (Å²) in [6.45, 7) is 4.95. The molecule has 2 N–H and O–H groups in total. The van der Waals surface area contributed by atoms with E-state index in [1.807, 2.05) is 6.92 Å². The number of ether oxygens (including phenoxy) is 1. The van der Waals surface area contributed by atoms with E-state index in [2.05, 4.69) is 10.6 Å². The van der Waals surface area contributed by atoms with Gasteiger partial charge in [0.1, 0.15) is 0 Å². The third-order valence-electron chi connectivity index (χ3n) is 5.05. The van der Waals surface area contributed by atoms with E-state index in [0.717, 1.165) is 0 Å². The van der Waals surface area contributed by atoms with Crippen molar-refractivity contribution in [1.82, 2.24) is 4.31 Å². The Bertz CT molecular complexity index is 1050. The molecule has 0 aliphatic carbocycles. The Kier molecular flexibility index (Phi) is 7.42. The van der Waals surface area contributed by atoms with Crippen LogP contribution in [-0.4, -0.2) is 50.8 Å². The van der Waals surface area contributed by atoms with Crippen LogP contribution in [0.1, 0.15) is 36.2 Å². The van der Waals surface area contributed by atoms with Crippen molar-refractivity contribution < 1.29 is 22.7 Å². The molecule has 166 valence electrons. The fourth-order valence-electron chi connectivity index (χ4n) is 3.24. The average Bonchev–Trinajstić information content (AvgIpc) is 2.80. The number of sulfonamides is 1. The number of carbonyl (C=O) groups excluding carboxylic acids is 2. The standard InChI is InChI=1S/C22H27N3O5S/c1-3-16-5-6-17(15-20(16)31(28,29)25-11-13-30-14-12-25)22(27)24-19-9-7-18(8-10-19)23-21(26)4-2/h5-10,15H,3-4,11-14H2,1-2H3,(H,23,26)(H,24,27). The first-order valence-corrected chi connectivity index (χ1v) is 11.7. The summed E-state index contributed by atoms with van der Waals surface area (Å²) in [5.41, 5.74) is 2.10. The van der Waals surface area contributed by atoms with Gasteiger partial charge in [0.2, 0.25) is 15.9 Å². The van der Waals surface area contributed by atoms with Gasteiger partial charge in [0.05, 0.1) is 18.1 Å². The van der Waals surface area contributed by atoms with Crippen LogP contribution in [0.5, 0.6) is 0 Å². The van der Waals surface area contributed by atoms with Gasteiger partial charge >= 0.3 is 0 Å². The van der Waals surface area contributed by atoms with Gasteiger partial charge < -0.3 is 15.4 Å². The molecule has 0 radical (unpaired) electrons. The predicted molar refractivity (Wildman–Crippen MR) is 119 cm³/mol. The van der Waals surface area contributed by atoms with Crippen molar-refractivity contribution >= 4 is 33.2 Å². The normalized spacial score (nSPS) is 14.8. The van der Waals surface area contributed by atoms with E-state index in [9.17, 15) is 18.0 Å². The number of hydrogen-bond donors (Lipinski definition) is 2. The second-order valence-corrected chi connectivity index (χ2v) is 9.03. The molecule has 2 amide bonds. The van der Waals surface area contributed by atoms with Crippen molar-refractivity contribution in [2.75, 3.05) is 36.9 Å². The van der Waals surface area contributed by atoms with Crippen molar-refractivity contribution in [2.45, 2.75) is 31.6 Å². The Morgan fingerprint density at radius 1 is 0.968 bits per heavy atom. The SMILES string of the molecule is CCC(=O)Nc1ccc(NC(=O)c2ccc(CC)c(S(=O)(=O)N3CCOCC3)c2)cc1. The van der Waals surface area contributed by atoms with Gasteiger partial charge in [0.25, 0.3) is 5.91 Å². The molecule has 1 heterocycles. The van der Waals surface area contributed by atoms with Gasteiger partial charge in [-0.3, -0.25) is 9.59 Å². The number of amides is 2. The number of carbonyl (C=O) groups is 2. The lowest BCUT2D eigenvalue weighted by atomic mass is 10.1. The summed E-state index contributed by atoms with van der Waals surface area (Å²) in [4.78, 5) is 24.4. The van der Waals surface area contributed by atoms with Crippen LogP contribution in [0, 0.1) is 0 Å². The highest BCUT2D eigenvalue weighted by Crippen LogP contribution is 2.24. The van der Waals surface area contributed by atoms with Crippen molar-refractivity contribution in [3.05, 3.63) is 53.6 Å². The van der Waals surface area contributed by atoms with Crippen molar-refractivity contribution in [2.24, 2.45) is 0 Å². The van der Waals surface area contributed by atoms with Gasteiger partial charge in [-0.2, -0.15) is 4.31 Å². The molecule has 0 unspecified atom stereocenters. The first-order valence-electron chi connectivity index (χ1n) is 10.3. The number of nitrogens with one attached hydrogen (secondary N) is 2. The number of nitrogens with zero attached hydrogens (tertiary/aromatic N) is 1. The lowest BCUT2D eigenvalue weighted by Crippen LogP contribution is -2.41. The summed E-state index contributed by atoms with van der Waals surface area (Å²) in [5, 5.41) is 5.51. The second kappa shape index (κ2) is 10.0. The Morgan fingerprint density at radius 2 is 1.58 bits per heavy atom. The highest BCUT2D eigenvalue weighted by Gasteiger charge is 2.29. The molecule has 1 saturated heterocycles. The minimum atomic E-state index is -3.72. The first kappa shape index (κ1) is 22.9. The van der Waals surface area contributed by atoms with E-state index in [-0.39, 0.29) is 16.4 Å². The third kappa shape index (κ3) is 5.49. The molecule has 8 nitrogen and oxygen atoms in total. The Hall–Kier alpha value is -2.75. The van der Waals surface area contributed by atoms with Crippen LogP contribution in [0.3, 0.4) is 0 Å². The molecule has 2 aromatic rings. The Balaban J connectivity index is 1.80. The van der Waals surface area contributed by atoms with Crippen LogP contribution in [0.25, 0.3) is 0 Å². The maximum absolute atomic E-state index is 13.2. The lowest BCUT2D eigenvalue weighted by Gasteiger charge is -2.27. The molecule has 0 bridgehead atoms. The highest BCUT2D eigenvalue weighted by molar-refractivity contribution is 7.89. The molecule has 3 rings (SSSR count). The van der Waals surface area contributed by atoms with Gasteiger partial charge in [-0.15, -0.1) is 0 Å². The van der Waals surface area contributed by atoms with Gasteiger partial charge in [-0.1, -0.05) is 19.9 Å². The topological polar surface area (TPSA) is 105 Å². The Labute approximate surface area is 182 Å². The number of rotatable bonds is 7. The van der Waals surface area contributed by atoms with Gasteiger partial charge in [-0.25, -0.2) is 8.42 Å². The fourth-order valence-corrected chi connectivity index (χ4v) is 4.97. The largest absolute Gasteiger partial charge is 0.379 e. The lowest BCUT2D eigenvalue weighted by molar-refractivity contribution is -0.115. The summed E-state index contributed by atoms with van der Waals surface area (Å²) in [6, 6.07) is 11.5. The number of aryl methyl sites for hydroxylation is 1. The summed E-state index contributed by atoms with van der Waals surface area (Å²) >= 11 is 0.